The molecule has 3 saturated carbocycles. The Bertz CT molecular complexity index is 341. The van der Waals surface area contributed by atoms with Gasteiger partial charge in [-0.3, -0.25) is 4.79 Å². The minimum atomic E-state index is 0.0974. The third kappa shape index (κ3) is 2.11. The Kier molecular flexibility index (Phi) is 3.57. The van der Waals surface area contributed by atoms with Gasteiger partial charge in [0.15, 0.2) is 0 Å². The van der Waals surface area contributed by atoms with Gasteiger partial charge in [-0.2, -0.15) is 0 Å². The summed E-state index contributed by atoms with van der Waals surface area (Å²) in [6, 6.07) is 0. The maximum atomic E-state index is 12.4. The third-order valence-electron chi connectivity index (χ3n) is 6.46. The van der Waals surface area contributed by atoms with Crippen molar-refractivity contribution in [2.45, 2.75) is 46.0 Å². The van der Waals surface area contributed by atoms with Gasteiger partial charge in [0.05, 0.1) is 0 Å². The van der Waals surface area contributed by atoms with Gasteiger partial charge < -0.3 is 5.32 Å². The molecule has 0 saturated heterocycles. The molecule has 0 aromatic rings. The fraction of sp³-hybridized carbons (Fsp3) is 0.938. The van der Waals surface area contributed by atoms with E-state index in [9.17, 15) is 4.79 Å². The van der Waals surface area contributed by atoms with E-state index in [0.717, 1.165) is 43.1 Å². The van der Waals surface area contributed by atoms with Crippen LogP contribution in [-0.2, 0) is 4.79 Å². The summed E-state index contributed by atoms with van der Waals surface area (Å²) in [4.78, 5) is 12.4. The number of nitrogens with one attached hydrogen (secondary N) is 1. The lowest BCUT2D eigenvalue weighted by Gasteiger charge is -2.29. The molecule has 0 spiro atoms. The van der Waals surface area contributed by atoms with Gasteiger partial charge in [-0.05, 0) is 55.8 Å². The standard InChI is InChI=1S/C16H26ClNO/c1-3-16(4-2,8-17)9-18-15(19)14-12-10-5-6-11(7-10)13(12)14/h10-14H,3-9H2,1-2H3,(H,18,19). The molecule has 108 valence electrons. The first-order valence-corrected chi connectivity index (χ1v) is 8.53. The molecule has 3 aliphatic rings. The Morgan fingerprint density at radius 1 is 1.21 bits per heavy atom. The first-order valence-electron chi connectivity index (χ1n) is 7.99. The molecule has 19 heavy (non-hydrogen) atoms. The summed E-state index contributed by atoms with van der Waals surface area (Å²) in [6.45, 7) is 5.10. The van der Waals surface area contributed by atoms with E-state index >= 15 is 0 Å². The molecule has 3 heteroatoms. The third-order valence-corrected chi connectivity index (χ3v) is 7.03. The number of hydrogen-bond donors (Lipinski definition) is 1. The van der Waals surface area contributed by atoms with Gasteiger partial charge in [-0.25, -0.2) is 0 Å². The number of hydrogen-bond acceptors (Lipinski definition) is 1. The Balaban J connectivity index is 1.53. The molecule has 3 rings (SSSR count). The zero-order valence-electron chi connectivity index (χ0n) is 12.1. The summed E-state index contributed by atoms with van der Waals surface area (Å²) in [5, 5.41) is 3.21. The van der Waals surface area contributed by atoms with Gasteiger partial charge >= 0.3 is 0 Å². The van der Waals surface area contributed by atoms with Crippen molar-refractivity contribution in [3.63, 3.8) is 0 Å². The number of carbonyl (C=O) groups is 1. The zero-order chi connectivity index (χ0) is 13.6. The molecule has 1 N–H and O–H groups in total. The number of alkyl halides is 1. The molecule has 1 amide bonds. The quantitative estimate of drug-likeness (QED) is 0.744. The molecule has 0 aliphatic heterocycles. The lowest BCUT2D eigenvalue weighted by atomic mass is 9.84. The fourth-order valence-electron chi connectivity index (χ4n) is 4.80. The molecule has 3 aliphatic carbocycles. The highest BCUT2D eigenvalue weighted by atomic mass is 35.5. The number of amides is 1. The Hall–Kier alpha value is -0.240. The summed E-state index contributed by atoms with van der Waals surface area (Å²) in [5.74, 6) is 4.56. The Labute approximate surface area is 121 Å². The van der Waals surface area contributed by atoms with Crippen LogP contribution >= 0.6 is 11.6 Å². The molecule has 2 bridgehead atoms. The van der Waals surface area contributed by atoms with E-state index < -0.39 is 0 Å². The largest absolute Gasteiger partial charge is 0.355 e. The zero-order valence-corrected chi connectivity index (χ0v) is 12.9. The van der Waals surface area contributed by atoms with Crippen LogP contribution in [0.25, 0.3) is 0 Å². The second kappa shape index (κ2) is 4.95. The molecule has 0 aromatic heterocycles. The normalized spacial score (nSPS) is 39.2. The predicted octanol–water partition coefficient (Wildman–Crippen LogP) is 3.44. The fourth-order valence-corrected chi connectivity index (χ4v) is 5.28. The second-order valence-electron chi connectivity index (χ2n) is 7.07. The van der Waals surface area contributed by atoms with E-state index in [-0.39, 0.29) is 5.41 Å². The maximum absolute atomic E-state index is 12.4. The van der Waals surface area contributed by atoms with Crippen LogP contribution in [-0.4, -0.2) is 18.3 Å². The van der Waals surface area contributed by atoms with E-state index in [1.165, 1.54) is 19.3 Å². The Morgan fingerprint density at radius 3 is 2.26 bits per heavy atom. The molecule has 0 aromatic carbocycles. The maximum Gasteiger partial charge on any atom is 0.223 e. The number of fused-ring (bicyclic) bond motifs is 5. The van der Waals surface area contributed by atoms with Crippen molar-refractivity contribution in [2.24, 2.45) is 35.0 Å². The number of halogens is 1. The molecule has 0 heterocycles. The first kappa shape index (κ1) is 13.7. The SMILES string of the molecule is CCC(CC)(CCl)CNC(=O)C1C2C3CCC(C3)C12. The van der Waals surface area contributed by atoms with Crippen molar-refractivity contribution in [3.8, 4) is 0 Å². The highest BCUT2D eigenvalue weighted by Crippen LogP contribution is 2.69. The van der Waals surface area contributed by atoms with E-state index in [0.29, 0.717) is 17.7 Å². The molecular formula is C16H26ClNO. The van der Waals surface area contributed by atoms with Gasteiger partial charge in [0.25, 0.3) is 0 Å². The number of carbonyl (C=O) groups excluding carboxylic acids is 1. The van der Waals surface area contributed by atoms with E-state index in [1.807, 2.05) is 0 Å². The highest BCUT2D eigenvalue weighted by Gasteiger charge is 2.67. The second-order valence-corrected chi connectivity index (χ2v) is 7.34. The van der Waals surface area contributed by atoms with Crippen molar-refractivity contribution < 1.29 is 4.79 Å². The summed E-state index contributed by atoms with van der Waals surface area (Å²) < 4.78 is 0. The average Bonchev–Trinajstić information content (AvgIpc) is 2.89. The minimum Gasteiger partial charge on any atom is -0.355 e. The van der Waals surface area contributed by atoms with Crippen molar-refractivity contribution >= 4 is 17.5 Å². The summed E-state index contributed by atoms with van der Waals surface area (Å²) >= 11 is 6.10. The predicted molar refractivity (Wildman–Crippen MR) is 78.0 cm³/mol. The van der Waals surface area contributed by atoms with Crippen LogP contribution in [0.15, 0.2) is 0 Å². The van der Waals surface area contributed by atoms with Crippen molar-refractivity contribution in [2.75, 3.05) is 12.4 Å². The molecule has 0 radical (unpaired) electrons. The van der Waals surface area contributed by atoms with Crippen LogP contribution in [0.1, 0.15) is 46.0 Å². The number of rotatable bonds is 6. The minimum absolute atomic E-state index is 0.0974. The Morgan fingerprint density at radius 2 is 1.79 bits per heavy atom. The topological polar surface area (TPSA) is 29.1 Å². The average molecular weight is 284 g/mol. The van der Waals surface area contributed by atoms with Crippen LogP contribution in [0.3, 0.4) is 0 Å². The van der Waals surface area contributed by atoms with Crippen LogP contribution in [0, 0.1) is 35.0 Å². The van der Waals surface area contributed by atoms with Crippen molar-refractivity contribution in [1.29, 1.82) is 0 Å². The van der Waals surface area contributed by atoms with Gasteiger partial charge in [-0.15, -0.1) is 11.6 Å². The molecular weight excluding hydrogens is 258 g/mol. The monoisotopic (exact) mass is 283 g/mol. The van der Waals surface area contributed by atoms with E-state index in [1.54, 1.807) is 0 Å². The highest BCUT2D eigenvalue weighted by molar-refractivity contribution is 6.18. The van der Waals surface area contributed by atoms with Crippen LogP contribution in [0.2, 0.25) is 0 Å². The molecule has 4 unspecified atom stereocenters. The van der Waals surface area contributed by atoms with Gasteiger partial charge in [0.1, 0.15) is 0 Å². The van der Waals surface area contributed by atoms with E-state index in [2.05, 4.69) is 19.2 Å². The molecule has 2 nitrogen and oxygen atoms in total. The summed E-state index contributed by atoms with van der Waals surface area (Å²) in [7, 11) is 0. The summed E-state index contributed by atoms with van der Waals surface area (Å²) in [6.07, 6.45) is 6.25. The summed E-state index contributed by atoms with van der Waals surface area (Å²) in [5.41, 5.74) is 0.0974. The lowest BCUT2D eigenvalue weighted by molar-refractivity contribution is -0.123. The lowest BCUT2D eigenvalue weighted by Crippen LogP contribution is -2.39. The van der Waals surface area contributed by atoms with Gasteiger partial charge in [0.2, 0.25) is 5.91 Å². The van der Waals surface area contributed by atoms with Crippen LogP contribution < -0.4 is 5.32 Å². The first-order chi connectivity index (χ1) is 9.15. The molecule has 3 fully saturated rings. The van der Waals surface area contributed by atoms with Crippen molar-refractivity contribution in [3.05, 3.63) is 0 Å². The smallest absolute Gasteiger partial charge is 0.223 e. The van der Waals surface area contributed by atoms with Crippen molar-refractivity contribution in [1.82, 2.24) is 5.32 Å². The van der Waals surface area contributed by atoms with Crippen LogP contribution in [0.4, 0.5) is 0 Å². The molecule has 4 atom stereocenters. The van der Waals surface area contributed by atoms with E-state index in [4.69, 9.17) is 11.6 Å². The van der Waals surface area contributed by atoms with Gasteiger partial charge in [-0.1, -0.05) is 13.8 Å². The van der Waals surface area contributed by atoms with Crippen LogP contribution in [0.5, 0.6) is 0 Å². The van der Waals surface area contributed by atoms with Gasteiger partial charge in [0, 0.05) is 23.8 Å².